The van der Waals surface area contributed by atoms with Crippen LogP contribution in [0.2, 0.25) is 0 Å². The van der Waals surface area contributed by atoms with Gasteiger partial charge in [0.2, 0.25) is 0 Å². The van der Waals surface area contributed by atoms with Crippen LogP contribution in [0.15, 0.2) is 18.2 Å². The highest BCUT2D eigenvalue weighted by atomic mass is 16.6. The van der Waals surface area contributed by atoms with Crippen LogP contribution in [0.3, 0.4) is 0 Å². The van der Waals surface area contributed by atoms with E-state index in [1.165, 1.54) is 5.56 Å². The van der Waals surface area contributed by atoms with Crippen LogP contribution in [-0.2, 0) is 11.3 Å². The fraction of sp³-hybridized carbons (Fsp3) is 0.562. The number of nitrogens with one attached hydrogen (secondary N) is 1. The van der Waals surface area contributed by atoms with E-state index in [4.69, 9.17) is 14.6 Å². The van der Waals surface area contributed by atoms with Crippen molar-refractivity contribution in [1.82, 2.24) is 5.32 Å². The van der Waals surface area contributed by atoms with Crippen LogP contribution in [0, 0.1) is 5.92 Å². The average molecular weight is 291 g/mol. The molecule has 114 valence electrons. The Balaban J connectivity index is 1.50. The number of carboxylic acid groups (broad SMARTS) is 1. The summed E-state index contributed by atoms with van der Waals surface area (Å²) >= 11 is 0. The van der Waals surface area contributed by atoms with Crippen LogP contribution in [0.1, 0.15) is 31.2 Å². The van der Waals surface area contributed by atoms with Crippen LogP contribution >= 0.6 is 0 Å². The first-order valence-electron chi connectivity index (χ1n) is 7.57. The highest BCUT2D eigenvalue weighted by molar-refractivity contribution is 5.70. The molecule has 1 aliphatic carbocycles. The van der Waals surface area contributed by atoms with Crippen molar-refractivity contribution >= 4 is 5.97 Å². The van der Waals surface area contributed by atoms with E-state index in [0.717, 1.165) is 43.7 Å². The summed E-state index contributed by atoms with van der Waals surface area (Å²) in [5.41, 5.74) is 1.17. The third-order valence-electron chi connectivity index (χ3n) is 4.28. The van der Waals surface area contributed by atoms with Gasteiger partial charge in [0.05, 0.1) is 5.92 Å². The highest BCUT2D eigenvalue weighted by Gasteiger charge is 2.25. The lowest BCUT2D eigenvalue weighted by atomic mass is 9.86. The van der Waals surface area contributed by atoms with Crippen molar-refractivity contribution in [2.24, 2.45) is 5.92 Å². The first kappa shape index (κ1) is 14.2. The predicted octanol–water partition coefficient (Wildman–Crippen LogP) is 2.19. The molecule has 0 bridgehead atoms. The smallest absolute Gasteiger partial charge is 0.306 e. The van der Waals surface area contributed by atoms with Gasteiger partial charge in [0.1, 0.15) is 13.2 Å². The van der Waals surface area contributed by atoms with Gasteiger partial charge in [-0.1, -0.05) is 6.07 Å². The number of fused-ring (bicyclic) bond motifs is 1. The second kappa shape index (κ2) is 6.35. The van der Waals surface area contributed by atoms with Crippen LogP contribution in [0.4, 0.5) is 0 Å². The topological polar surface area (TPSA) is 67.8 Å². The molecule has 1 aromatic carbocycles. The van der Waals surface area contributed by atoms with Crippen LogP contribution in [0.25, 0.3) is 0 Å². The van der Waals surface area contributed by atoms with E-state index in [1.54, 1.807) is 0 Å². The maximum Gasteiger partial charge on any atom is 0.306 e. The Kier molecular flexibility index (Phi) is 4.29. The van der Waals surface area contributed by atoms with Crippen molar-refractivity contribution in [2.45, 2.75) is 38.3 Å². The second-order valence-corrected chi connectivity index (χ2v) is 5.75. The molecule has 1 heterocycles. The Bertz CT molecular complexity index is 509. The van der Waals surface area contributed by atoms with Crippen LogP contribution in [0.5, 0.6) is 11.5 Å². The van der Waals surface area contributed by atoms with Crippen molar-refractivity contribution in [3.05, 3.63) is 23.8 Å². The molecule has 1 fully saturated rings. The Hall–Kier alpha value is -1.75. The highest BCUT2D eigenvalue weighted by Crippen LogP contribution is 2.31. The molecule has 5 nitrogen and oxygen atoms in total. The Labute approximate surface area is 124 Å². The maximum absolute atomic E-state index is 10.9. The average Bonchev–Trinajstić information content (AvgIpc) is 2.53. The molecule has 0 atom stereocenters. The minimum Gasteiger partial charge on any atom is -0.486 e. The Morgan fingerprint density at radius 2 is 1.86 bits per heavy atom. The zero-order valence-corrected chi connectivity index (χ0v) is 12.0. The maximum atomic E-state index is 10.9. The first-order valence-corrected chi connectivity index (χ1v) is 7.57. The minimum absolute atomic E-state index is 0.155. The number of ether oxygens (including phenoxy) is 2. The molecule has 2 aliphatic rings. The van der Waals surface area contributed by atoms with Gasteiger partial charge in [-0.05, 0) is 43.4 Å². The lowest BCUT2D eigenvalue weighted by Gasteiger charge is -2.27. The second-order valence-electron chi connectivity index (χ2n) is 5.75. The van der Waals surface area contributed by atoms with Gasteiger partial charge in [0.25, 0.3) is 0 Å². The molecule has 1 saturated carbocycles. The zero-order chi connectivity index (χ0) is 14.7. The summed E-state index contributed by atoms with van der Waals surface area (Å²) in [5, 5.41) is 12.5. The molecule has 0 unspecified atom stereocenters. The Morgan fingerprint density at radius 1 is 1.14 bits per heavy atom. The summed E-state index contributed by atoms with van der Waals surface area (Å²) in [6.07, 6.45) is 3.41. The first-order chi connectivity index (χ1) is 10.2. The van der Waals surface area contributed by atoms with Crippen molar-refractivity contribution < 1.29 is 19.4 Å². The number of aliphatic carboxylic acids is 1. The van der Waals surface area contributed by atoms with Crippen LogP contribution < -0.4 is 14.8 Å². The van der Waals surface area contributed by atoms with Gasteiger partial charge >= 0.3 is 5.97 Å². The number of hydrogen-bond donors (Lipinski definition) is 2. The van der Waals surface area contributed by atoms with Crippen molar-refractivity contribution in [3.8, 4) is 11.5 Å². The predicted molar refractivity (Wildman–Crippen MR) is 77.7 cm³/mol. The summed E-state index contributed by atoms with van der Waals surface area (Å²) in [7, 11) is 0. The summed E-state index contributed by atoms with van der Waals surface area (Å²) in [6, 6.07) is 6.43. The SMILES string of the molecule is O=C(O)C1CCC(NCc2ccc3c(c2)OCCO3)CC1. The Morgan fingerprint density at radius 3 is 2.57 bits per heavy atom. The number of benzene rings is 1. The van der Waals surface area contributed by atoms with Crippen molar-refractivity contribution in [1.29, 1.82) is 0 Å². The monoisotopic (exact) mass is 291 g/mol. The fourth-order valence-corrected chi connectivity index (χ4v) is 3.00. The van der Waals surface area contributed by atoms with Gasteiger partial charge in [-0.15, -0.1) is 0 Å². The third-order valence-corrected chi connectivity index (χ3v) is 4.28. The largest absolute Gasteiger partial charge is 0.486 e. The summed E-state index contributed by atoms with van der Waals surface area (Å²) in [6.45, 7) is 1.99. The van der Waals surface area contributed by atoms with Gasteiger partial charge in [-0.2, -0.15) is 0 Å². The van der Waals surface area contributed by atoms with Crippen molar-refractivity contribution in [2.75, 3.05) is 13.2 Å². The molecule has 1 aromatic rings. The van der Waals surface area contributed by atoms with Gasteiger partial charge in [0.15, 0.2) is 11.5 Å². The molecule has 0 radical (unpaired) electrons. The normalized spacial score (nSPS) is 24.6. The number of carboxylic acids is 1. The molecule has 21 heavy (non-hydrogen) atoms. The molecule has 0 aromatic heterocycles. The fourth-order valence-electron chi connectivity index (χ4n) is 3.00. The van der Waals surface area contributed by atoms with E-state index in [9.17, 15) is 4.79 Å². The molecule has 0 spiro atoms. The quantitative estimate of drug-likeness (QED) is 0.890. The standard InChI is InChI=1S/C16H21NO4/c18-16(19)12-2-4-13(5-3-12)17-10-11-1-6-14-15(9-11)21-8-7-20-14/h1,6,9,12-13,17H,2-5,7-8,10H2,(H,18,19). The molecular weight excluding hydrogens is 270 g/mol. The van der Waals surface area contributed by atoms with Gasteiger partial charge in [0, 0.05) is 12.6 Å². The van der Waals surface area contributed by atoms with Crippen LogP contribution in [-0.4, -0.2) is 30.3 Å². The third kappa shape index (κ3) is 3.47. The molecule has 2 N–H and O–H groups in total. The van der Waals surface area contributed by atoms with E-state index in [-0.39, 0.29) is 5.92 Å². The number of hydrogen-bond acceptors (Lipinski definition) is 4. The van der Waals surface area contributed by atoms with E-state index >= 15 is 0 Å². The van der Waals surface area contributed by atoms with Gasteiger partial charge in [-0.3, -0.25) is 4.79 Å². The van der Waals surface area contributed by atoms with E-state index in [1.807, 2.05) is 18.2 Å². The summed E-state index contributed by atoms with van der Waals surface area (Å²) in [5.74, 6) is 0.819. The van der Waals surface area contributed by atoms with E-state index in [0.29, 0.717) is 19.3 Å². The van der Waals surface area contributed by atoms with Crippen molar-refractivity contribution in [3.63, 3.8) is 0 Å². The molecule has 0 amide bonds. The number of carbonyl (C=O) groups is 1. The molecule has 5 heteroatoms. The molecular formula is C16H21NO4. The summed E-state index contributed by atoms with van der Waals surface area (Å²) < 4.78 is 11.1. The molecule has 1 aliphatic heterocycles. The minimum atomic E-state index is -0.653. The summed E-state index contributed by atoms with van der Waals surface area (Å²) in [4.78, 5) is 10.9. The lowest BCUT2D eigenvalue weighted by Crippen LogP contribution is -2.34. The van der Waals surface area contributed by atoms with Gasteiger partial charge in [-0.25, -0.2) is 0 Å². The van der Waals surface area contributed by atoms with Gasteiger partial charge < -0.3 is 19.9 Å². The van der Waals surface area contributed by atoms with E-state index in [2.05, 4.69) is 5.32 Å². The number of rotatable bonds is 4. The molecule has 3 rings (SSSR count). The molecule has 0 saturated heterocycles. The lowest BCUT2D eigenvalue weighted by molar-refractivity contribution is -0.142. The van der Waals surface area contributed by atoms with E-state index < -0.39 is 5.97 Å². The zero-order valence-electron chi connectivity index (χ0n) is 12.0.